The topological polar surface area (TPSA) is 94.2 Å². The van der Waals surface area contributed by atoms with Crippen LogP contribution in [0.1, 0.15) is 99.5 Å². The maximum atomic E-state index is 13.6. The van der Waals surface area contributed by atoms with Crippen molar-refractivity contribution in [3.8, 4) is 5.75 Å². The summed E-state index contributed by atoms with van der Waals surface area (Å²) in [4.78, 5) is 40.0. The minimum atomic E-state index is -4.53. The second kappa shape index (κ2) is 13.0. The Morgan fingerprint density at radius 1 is 1.11 bits per heavy atom. The summed E-state index contributed by atoms with van der Waals surface area (Å²) in [7, 11) is 1.54. The largest absolute Gasteiger partial charge is 0.496 e. The molecule has 1 fully saturated rings. The van der Waals surface area contributed by atoms with Crippen molar-refractivity contribution in [2.45, 2.75) is 91.7 Å². The number of cyclic esters (lactones) is 1. The molecule has 11 heteroatoms. The van der Waals surface area contributed by atoms with Gasteiger partial charge in [0, 0.05) is 17.7 Å². The predicted octanol–water partition coefficient (Wildman–Crippen LogP) is 7.64. The van der Waals surface area contributed by atoms with Gasteiger partial charge in [0.05, 0.1) is 18.7 Å². The molecule has 2 atom stereocenters. The van der Waals surface area contributed by atoms with Gasteiger partial charge in [0.2, 0.25) is 0 Å². The van der Waals surface area contributed by atoms with Crippen LogP contribution < -0.4 is 10.1 Å². The van der Waals surface area contributed by atoms with E-state index in [0.717, 1.165) is 29.7 Å². The summed E-state index contributed by atoms with van der Waals surface area (Å²) in [5.41, 5.74) is 2.06. The second-order valence-corrected chi connectivity index (χ2v) is 13.9. The Morgan fingerprint density at radius 3 is 2.43 bits per heavy atom. The van der Waals surface area contributed by atoms with Gasteiger partial charge in [0.15, 0.2) is 0 Å². The number of nitrogens with zero attached hydrogens (tertiary/aromatic N) is 1. The van der Waals surface area contributed by atoms with E-state index in [2.05, 4.69) is 19.2 Å². The van der Waals surface area contributed by atoms with E-state index >= 15 is 0 Å². The number of rotatable bonds is 8. The summed E-state index contributed by atoms with van der Waals surface area (Å²) in [6, 6.07) is 8.22. The lowest BCUT2D eigenvalue weighted by Crippen LogP contribution is -2.36. The number of hydrogen-bond acceptors (Lipinski definition) is 6. The van der Waals surface area contributed by atoms with Crippen LogP contribution in [0.25, 0.3) is 5.57 Å². The number of benzene rings is 2. The maximum absolute atomic E-state index is 13.6. The number of alkyl halides is 3. The Kier molecular flexibility index (Phi) is 9.85. The average molecular weight is 645 g/mol. The van der Waals surface area contributed by atoms with Crippen LogP contribution in [0, 0.1) is 12.3 Å². The lowest BCUT2D eigenvalue weighted by atomic mass is 9.72. The van der Waals surface area contributed by atoms with Gasteiger partial charge < -0.3 is 19.5 Å². The number of methoxy groups -OCH3 is 1. The molecule has 0 aromatic heterocycles. The molecule has 1 heterocycles. The van der Waals surface area contributed by atoms with E-state index in [1.165, 1.54) is 7.11 Å². The Morgan fingerprint density at radius 2 is 1.80 bits per heavy atom. The van der Waals surface area contributed by atoms with E-state index in [0.29, 0.717) is 40.8 Å². The standard InChI is InChI=1S/C35H43F3N2O6/c1-20-13-23(15-25(14-20)35(36,37)38)30-21(2)40(32(43)45-30)19-24-17-34(6,7)12-11-26(24)27-16-22(9-10-28(27)44-8)31(42)39-18-29(41)46-33(3,4)5/h9-10,13-16,21,30H,11-12,17-19H2,1-8H3,(H,39,42)/t21-,30-/m0/s1. The predicted molar refractivity (Wildman–Crippen MR) is 167 cm³/mol. The number of halogens is 3. The first-order chi connectivity index (χ1) is 21.3. The van der Waals surface area contributed by atoms with E-state index in [1.54, 1.807) is 63.8 Å². The highest BCUT2D eigenvalue weighted by molar-refractivity contribution is 5.97. The zero-order chi connectivity index (χ0) is 34.2. The van der Waals surface area contributed by atoms with E-state index in [1.807, 2.05) is 0 Å². The highest BCUT2D eigenvalue weighted by Crippen LogP contribution is 2.46. The lowest BCUT2D eigenvalue weighted by Gasteiger charge is -2.36. The van der Waals surface area contributed by atoms with Crippen molar-refractivity contribution in [1.82, 2.24) is 10.2 Å². The third kappa shape index (κ3) is 8.22. The molecule has 0 radical (unpaired) electrons. The number of carbonyl (C=O) groups excluding carboxylic acids is 3. The smallest absolute Gasteiger partial charge is 0.416 e. The molecule has 1 N–H and O–H groups in total. The van der Waals surface area contributed by atoms with Crippen molar-refractivity contribution in [1.29, 1.82) is 0 Å². The summed E-state index contributed by atoms with van der Waals surface area (Å²) < 4.78 is 57.4. The van der Waals surface area contributed by atoms with Crippen molar-refractivity contribution < 1.29 is 41.8 Å². The Labute approximate surface area is 268 Å². The number of amides is 2. The summed E-state index contributed by atoms with van der Waals surface area (Å²) >= 11 is 0. The van der Waals surface area contributed by atoms with Gasteiger partial charge in [0.25, 0.3) is 5.91 Å². The van der Waals surface area contributed by atoms with Gasteiger partial charge in [-0.2, -0.15) is 13.2 Å². The minimum absolute atomic E-state index is 0.0844. The van der Waals surface area contributed by atoms with Crippen LogP contribution >= 0.6 is 0 Å². The van der Waals surface area contributed by atoms with Crippen LogP contribution in [0.2, 0.25) is 0 Å². The quantitative estimate of drug-likeness (QED) is 0.297. The normalized spacial score (nSPS) is 20.0. The molecule has 2 aromatic carbocycles. The van der Waals surface area contributed by atoms with Crippen molar-refractivity contribution in [3.05, 3.63) is 69.8 Å². The molecule has 0 unspecified atom stereocenters. The lowest BCUT2D eigenvalue weighted by molar-refractivity contribution is -0.153. The zero-order valence-electron chi connectivity index (χ0n) is 27.7. The fraction of sp³-hybridized carbons (Fsp3) is 0.514. The number of carbonyl (C=O) groups is 3. The highest BCUT2D eigenvalue weighted by Gasteiger charge is 2.42. The van der Waals surface area contributed by atoms with Gasteiger partial charge in [-0.25, -0.2) is 4.79 Å². The number of allylic oxidation sites excluding steroid dienone is 1. The van der Waals surface area contributed by atoms with Gasteiger partial charge in [-0.05, 0) is 106 Å². The zero-order valence-corrected chi connectivity index (χ0v) is 27.7. The number of hydrogen-bond donors (Lipinski definition) is 1. The fourth-order valence-electron chi connectivity index (χ4n) is 6.11. The molecule has 0 saturated carbocycles. The molecule has 46 heavy (non-hydrogen) atoms. The molecule has 1 aliphatic heterocycles. The molecule has 1 saturated heterocycles. The van der Waals surface area contributed by atoms with Crippen LogP contribution in [0.4, 0.5) is 18.0 Å². The van der Waals surface area contributed by atoms with E-state index in [9.17, 15) is 27.6 Å². The summed E-state index contributed by atoms with van der Waals surface area (Å²) in [6.45, 7) is 12.8. The fourth-order valence-corrected chi connectivity index (χ4v) is 6.11. The van der Waals surface area contributed by atoms with Crippen LogP contribution in [-0.2, 0) is 20.4 Å². The molecular weight excluding hydrogens is 601 g/mol. The van der Waals surface area contributed by atoms with Crippen LogP contribution in [0.3, 0.4) is 0 Å². The first-order valence-electron chi connectivity index (χ1n) is 15.3. The summed E-state index contributed by atoms with van der Waals surface area (Å²) in [5, 5.41) is 2.61. The Balaban J connectivity index is 1.65. The molecule has 0 spiro atoms. The molecule has 4 rings (SSSR count). The van der Waals surface area contributed by atoms with Crippen LogP contribution in [-0.4, -0.2) is 54.7 Å². The minimum Gasteiger partial charge on any atom is -0.496 e. The molecule has 250 valence electrons. The molecule has 2 amide bonds. The van der Waals surface area contributed by atoms with Gasteiger partial charge in [-0.15, -0.1) is 0 Å². The molecule has 0 bridgehead atoms. The Bertz CT molecular complexity index is 1540. The molecular formula is C35H43F3N2O6. The number of esters is 1. The third-order valence-electron chi connectivity index (χ3n) is 8.28. The van der Waals surface area contributed by atoms with Gasteiger partial charge >= 0.3 is 18.2 Å². The molecule has 2 aromatic rings. The second-order valence-electron chi connectivity index (χ2n) is 13.9. The van der Waals surface area contributed by atoms with E-state index < -0.39 is 47.5 Å². The van der Waals surface area contributed by atoms with Gasteiger partial charge in [-0.3, -0.25) is 14.5 Å². The number of nitrogens with one attached hydrogen (secondary N) is 1. The van der Waals surface area contributed by atoms with Crippen molar-refractivity contribution in [2.75, 3.05) is 20.2 Å². The number of aryl methyl sites for hydroxylation is 1. The average Bonchev–Trinajstić information content (AvgIpc) is 3.22. The highest BCUT2D eigenvalue weighted by atomic mass is 19.4. The van der Waals surface area contributed by atoms with Crippen molar-refractivity contribution in [2.24, 2.45) is 5.41 Å². The van der Waals surface area contributed by atoms with Crippen LogP contribution in [0.5, 0.6) is 5.75 Å². The first kappa shape index (κ1) is 34.8. The van der Waals surface area contributed by atoms with Crippen molar-refractivity contribution >= 4 is 23.5 Å². The molecule has 2 aliphatic rings. The van der Waals surface area contributed by atoms with E-state index in [4.69, 9.17) is 14.2 Å². The number of ether oxygens (including phenoxy) is 3. The molecule has 8 nitrogen and oxygen atoms in total. The van der Waals surface area contributed by atoms with Gasteiger partial charge in [-0.1, -0.05) is 25.5 Å². The van der Waals surface area contributed by atoms with Crippen molar-refractivity contribution in [3.63, 3.8) is 0 Å². The van der Waals surface area contributed by atoms with Crippen LogP contribution in [0.15, 0.2) is 42.0 Å². The summed E-state index contributed by atoms with van der Waals surface area (Å²) in [5.74, 6) is -0.464. The summed E-state index contributed by atoms with van der Waals surface area (Å²) in [6.07, 6.45) is -3.87. The Hall–Kier alpha value is -4.02. The van der Waals surface area contributed by atoms with E-state index in [-0.39, 0.29) is 18.5 Å². The SMILES string of the molecule is COc1ccc(C(=O)NCC(=O)OC(C)(C)C)cc1C1=C(CN2C(=O)O[C@H](c3cc(C)cc(C(F)(F)F)c3)[C@@H]2C)CC(C)(C)CC1. The first-order valence-corrected chi connectivity index (χ1v) is 15.3. The maximum Gasteiger partial charge on any atom is 0.416 e. The van der Waals surface area contributed by atoms with Gasteiger partial charge in [0.1, 0.15) is 24.0 Å². The molecule has 1 aliphatic carbocycles. The monoisotopic (exact) mass is 644 g/mol. The third-order valence-corrected chi connectivity index (χ3v) is 8.28.